The summed E-state index contributed by atoms with van der Waals surface area (Å²) in [4.78, 5) is 13.4. The van der Waals surface area contributed by atoms with Gasteiger partial charge in [-0.15, -0.1) is 0 Å². The monoisotopic (exact) mass is 308 g/mol. The van der Waals surface area contributed by atoms with Crippen molar-refractivity contribution in [2.24, 2.45) is 11.7 Å². The van der Waals surface area contributed by atoms with Crippen molar-refractivity contribution in [2.45, 2.75) is 6.42 Å². The van der Waals surface area contributed by atoms with Crippen molar-refractivity contribution in [3.05, 3.63) is 0 Å². The Kier molecular flexibility index (Phi) is 7.75. The summed E-state index contributed by atoms with van der Waals surface area (Å²) in [5.74, 6) is 0.688. The van der Waals surface area contributed by atoms with E-state index < -0.39 is 0 Å². The fourth-order valence-electron chi connectivity index (χ4n) is 1.75. The van der Waals surface area contributed by atoms with Crippen LogP contribution in [0.4, 0.5) is 0 Å². The molecule has 1 heterocycles. The average molecular weight is 309 g/mol. The van der Waals surface area contributed by atoms with Gasteiger partial charge in [-0.05, 0) is 5.92 Å². The van der Waals surface area contributed by atoms with Crippen LogP contribution in [0.1, 0.15) is 6.42 Å². The average Bonchev–Trinajstić information content (AvgIpc) is 2.69. The van der Waals surface area contributed by atoms with Crippen LogP contribution in [-0.2, 0) is 14.3 Å². The lowest BCUT2D eigenvalue weighted by Crippen LogP contribution is -2.29. The molecule has 0 spiro atoms. The molecule has 1 amide bonds. The van der Waals surface area contributed by atoms with Crippen molar-refractivity contribution in [1.29, 1.82) is 0 Å². The molecule has 1 fully saturated rings. The van der Waals surface area contributed by atoms with E-state index in [9.17, 15) is 4.79 Å². The minimum absolute atomic E-state index is 0.234. The van der Waals surface area contributed by atoms with Crippen molar-refractivity contribution in [1.82, 2.24) is 4.90 Å². The first-order valence-corrected chi connectivity index (χ1v) is 7.09. The molecule has 1 aliphatic rings. The number of halogens is 1. The van der Waals surface area contributed by atoms with Crippen LogP contribution >= 0.6 is 15.9 Å². The molecule has 0 aromatic rings. The maximum absolute atomic E-state index is 11.6. The van der Waals surface area contributed by atoms with E-state index in [0.29, 0.717) is 51.9 Å². The molecule has 0 aromatic carbocycles. The molecule has 0 radical (unpaired) electrons. The van der Waals surface area contributed by atoms with Gasteiger partial charge in [0.05, 0.1) is 26.4 Å². The molecule has 1 saturated heterocycles. The Morgan fingerprint density at radius 2 is 2.00 bits per heavy atom. The first-order chi connectivity index (χ1) is 8.27. The van der Waals surface area contributed by atoms with Gasteiger partial charge in [0.2, 0.25) is 5.91 Å². The van der Waals surface area contributed by atoms with Crippen LogP contribution in [-0.4, -0.2) is 62.2 Å². The van der Waals surface area contributed by atoms with E-state index >= 15 is 0 Å². The van der Waals surface area contributed by atoms with Gasteiger partial charge in [0.15, 0.2) is 0 Å². The van der Waals surface area contributed by atoms with Crippen LogP contribution in [0.5, 0.6) is 0 Å². The predicted octanol–water partition coefficient (Wildman–Crippen LogP) is 0.222. The first kappa shape index (κ1) is 14.9. The lowest BCUT2D eigenvalue weighted by atomic mass is 10.2. The number of rotatable bonds is 9. The highest BCUT2D eigenvalue weighted by Gasteiger charge is 2.28. The van der Waals surface area contributed by atoms with Crippen LogP contribution in [0.2, 0.25) is 0 Å². The summed E-state index contributed by atoms with van der Waals surface area (Å²) in [5, 5.41) is 0.892. The van der Waals surface area contributed by atoms with Gasteiger partial charge in [-0.2, -0.15) is 0 Å². The Morgan fingerprint density at radius 3 is 2.59 bits per heavy atom. The van der Waals surface area contributed by atoms with Gasteiger partial charge in [-0.3, -0.25) is 4.79 Å². The molecular formula is C11H21BrN2O3. The zero-order valence-corrected chi connectivity index (χ0v) is 11.7. The Bertz CT molecular complexity index is 229. The van der Waals surface area contributed by atoms with Gasteiger partial charge in [-0.1, -0.05) is 15.9 Å². The topological polar surface area (TPSA) is 64.8 Å². The number of likely N-dealkylation sites (tertiary alicyclic amines) is 1. The highest BCUT2D eigenvalue weighted by molar-refractivity contribution is 9.09. The number of nitrogens with two attached hydrogens (primary N) is 1. The summed E-state index contributed by atoms with van der Waals surface area (Å²) < 4.78 is 10.6. The molecule has 0 bridgehead atoms. The van der Waals surface area contributed by atoms with E-state index in [4.69, 9.17) is 15.2 Å². The van der Waals surface area contributed by atoms with Crippen LogP contribution in [0.25, 0.3) is 0 Å². The SMILES string of the molecule is NCCOCCOCCN1CC(CBr)CC1=O. The van der Waals surface area contributed by atoms with E-state index in [1.807, 2.05) is 4.90 Å². The number of carbonyl (C=O) groups excluding carboxylic acids is 1. The van der Waals surface area contributed by atoms with Crippen molar-refractivity contribution in [3.8, 4) is 0 Å². The summed E-state index contributed by atoms with van der Waals surface area (Å²) in [7, 11) is 0. The molecule has 0 aromatic heterocycles. The molecule has 0 saturated carbocycles. The maximum atomic E-state index is 11.6. The minimum Gasteiger partial charge on any atom is -0.378 e. The van der Waals surface area contributed by atoms with Gasteiger partial charge < -0.3 is 20.1 Å². The van der Waals surface area contributed by atoms with Crippen molar-refractivity contribution in [3.63, 3.8) is 0 Å². The molecule has 5 nitrogen and oxygen atoms in total. The highest BCUT2D eigenvalue weighted by Crippen LogP contribution is 2.18. The summed E-state index contributed by atoms with van der Waals surface area (Å²) in [6, 6.07) is 0. The Labute approximate surface area is 111 Å². The second-order valence-electron chi connectivity index (χ2n) is 4.08. The van der Waals surface area contributed by atoms with Crippen LogP contribution < -0.4 is 5.73 Å². The third-order valence-corrected chi connectivity index (χ3v) is 3.57. The standard InChI is InChI=1S/C11H21BrN2O3/c12-8-10-7-11(15)14(9-10)2-4-17-6-5-16-3-1-13/h10H,1-9,13H2. The number of hydrogen-bond donors (Lipinski definition) is 1. The lowest BCUT2D eigenvalue weighted by Gasteiger charge is -2.16. The zero-order chi connectivity index (χ0) is 12.5. The van der Waals surface area contributed by atoms with Crippen molar-refractivity contribution < 1.29 is 14.3 Å². The molecule has 1 rings (SSSR count). The van der Waals surface area contributed by atoms with E-state index in [2.05, 4.69) is 15.9 Å². The molecule has 0 aliphatic carbocycles. The molecule has 6 heteroatoms. The lowest BCUT2D eigenvalue weighted by molar-refractivity contribution is -0.128. The minimum atomic E-state index is 0.234. The summed E-state index contributed by atoms with van der Waals surface area (Å²) in [6.45, 7) is 4.33. The van der Waals surface area contributed by atoms with Gasteiger partial charge in [0.1, 0.15) is 0 Å². The smallest absolute Gasteiger partial charge is 0.223 e. The normalized spacial score (nSPS) is 20.2. The molecule has 1 aliphatic heterocycles. The fourth-order valence-corrected chi connectivity index (χ4v) is 2.19. The Morgan fingerprint density at radius 1 is 1.29 bits per heavy atom. The number of hydrogen-bond acceptors (Lipinski definition) is 4. The number of ether oxygens (including phenoxy) is 2. The molecular weight excluding hydrogens is 288 g/mol. The van der Waals surface area contributed by atoms with Crippen molar-refractivity contribution >= 4 is 21.8 Å². The molecule has 1 atom stereocenters. The predicted molar refractivity (Wildman–Crippen MR) is 69.2 cm³/mol. The maximum Gasteiger partial charge on any atom is 0.223 e. The summed E-state index contributed by atoms with van der Waals surface area (Å²) >= 11 is 3.41. The van der Waals surface area contributed by atoms with Gasteiger partial charge >= 0.3 is 0 Å². The third kappa shape index (κ3) is 5.81. The van der Waals surface area contributed by atoms with Crippen LogP contribution in [0.3, 0.4) is 0 Å². The molecule has 2 N–H and O–H groups in total. The molecule has 17 heavy (non-hydrogen) atoms. The van der Waals surface area contributed by atoms with Gasteiger partial charge in [-0.25, -0.2) is 0 Å². The number of amides is 1. The quantitative estimate of drug-likeness (QED) is 0.489. The second-order valence-corrected chi connectivity index (χ2v) is 4.73. The van der Waals surface area contributed by atoms with Crippen molar-refractivity contribution in [2.75, 3.05) is 51.4 Å². The number of carbonyl (C=O) groups is 1. The summed E-state index contributed by atoms with van der Waals surface area (Å²) in [5.41, 5.74) is 5.28. The van der Waals surface area contributed by atoms with E-state index in [0.717, 1.165) is 11.9 Å². The largest absolute Gasteiger partial charge is 0.378 e. The second kappa shape index (κ2) is 8.85. The van der Waals surface area contributed by atoms with Crippen LogP contribution in [0, 0.1) is 5.92 Å². The first-order valence-electron chi connectivity index (χ1n) is 5.97. The number of alkyl halides is 1. The van der Waals surface area contributed by atoms with E-state index in [1.165, 1.54) is 0 Å². The third-order valence-electron chi connectivity index (χ3n) is 2.65. The van der Waals surface area contributed by atoms with Gasteiger partial charge in [0.25, 0.3) is 0 Å². The molecule has 100 valence electrons. The fraction of sp³-hybridized carbons (Fsp3) is 0.909. The van der Waals surface area contributed by atoms with Gasteiger partial charge in [0, 0.05) is 31.4 Å². The Balaban J connectivity index is 1.98. The van der Waals surface area contributed by atoms with E-state index in [-0.39, 0.29) is 5.91 Å². The van der Waals surface area contributed by atoms with E-state index in [1.54, 1.807) is 0 Å². The highest BCUT2D eigenvalue weighted by atomic mass is 79.9. The number of nitrogens with zero attached hydrogens (tertiary/aromatic N) is 1. The molecule has 1 unspecified atom stereocenters. The Hall–Kier alpha value is -0.170. The zero-order valence-electron chi connectivity index (χ0n) is 10.1. The summed E-state index contributed by atoms with van der Waals surface area (Å²) in [6.07, 6.45) is 0.658. The van der Waals surface area contributed by atoms with Crippen LogP contribution in [0.15, 0.2) is 0 Å².